The van der Waals surface area contributed by atoms with Crippen molar-refractivity contribution < 1.29 is 5.11 Å². The Morgan fingerprint density at radius 2 is 2.25 bits per heavy atom. The minimum absolute atomic E-state index is 0.700. The van der Waals surface area contributed by atoms with Crippen LogP contribution in [-0.4, -0.2) is 24.0 Å². The lowest BCUT2D eigenvalue weighted by molar-refractivity contribution is 0.134. The van der Waals surface area contributed by atoms with Crippen LogP contribution in [0.25, 0.3) is 0 Å². The highest BCUT2D eigenvalue weighted by Gasteiger charge is 2.11. The standard InChI is InChI=1S/C6H13NO/c1-4-6(2,8)5-7-3/h5,8H,4H2,1-3H3. The Kier molecular flexibility index (Phi) is 2.69. The molecule has 1 N–H and O–H groups in total. The van der Waals surface area contributed by atoms with E-state index in [0.29, 0.717) is 6.42 Å². The molecular weight excluding hydrogens is 102 g/mol. The number of aliphatic hydroxyl groups is 1. The molecule has 0 aliphatic rings. The van der Waals surface area contributed by atoms with E-state index in [9.17, 15) is 5.11 Å². The maximum Gasteiger partial charge on any atom is 0.0962 e. The lowest BCUT2D eigenvalue weighted by Crippen LogP contribution is -2.24. The van der Waals surface area contributed by atoms with Crippen molar-refractivity contribution >= 4 is 6.21 Å². The number of aliphatic imine (C=N–C) groups is 1. The smallest absolute Gasteiger partial charge is 0.0962 e. The molecule has 0 radical (unpaired) electrons. The van der Waals surface area contributed by atoms with Gasteiger partial charge in [-0.05, 0) is 13.3 Å². The van der Waals surface area contributed by atoms with Gasteiger partial charge in [0.15, 0.2) is 0 Å². The van der Waals surface area contributed by atoms with Crippen molar-refractivity contribution in [3.63, 3.8) is 0 Å². The van der Waals surface area contributed by atoms with Crippen molar-refractivity contribution in [2.75, 3.05) is 7.05 Å². The Morgan fingerprint density at radius 1 is 1.75 bits per heavy atom. The summed E-state index contributed by atoms with van der Waals surface area (Å²) < 4.78 is 0. The summed E-state index contributed by atoms with van der Waals surface area (Å²) in [6.07, 6.45) is 2.26. The van der Waals surface area contributed by atoms with Gasteiger partial charge in [0.1, 0.15) is 0 Å². The molecule has 0 spiro atoms. The molecule has 0 aromatic carbocycles. The zero-order chi connectivity index (χ0) is 6.62. The van der Waals surface area contributed by atoms with Crippen LogP contribution in [0.4, 0.5) is 0 Å². The Hall–Kier alpha value is -0.370. The molecule has 0 saturated carbocycles. The third-order valence-electron chi connectivity index (χ3n) is 1.12. The largest absolute Gasteiger partial charge is 0.385 e. The number of nitrogens with zero attached hydrogens (tertiary/aromatic N) is 1. The summed E-state index contributed by atoms with van der Waals surface area (Å²) in [5.74, 6) is 0. The molecule has 0 aromatic rings. The Balaban J connectivity index is 3.71. The molecule has 0 aliphatic heterocycles. The summed E-state index contributed by atoms with van der Waals surface area (Å²) in [5, 5.41) is 9.17. The molecule has 0 saturated heterocycles. The van der Waals surface area contributed by atoms with Crippen molar-refractivity contribution in [1.29, 1.82) is 0 Å². The van der Waals surface area contributed by atoms with Gasteiger partial charge in [0.05, 0.1) is 5.60 Å². The van der Waals surface area contributed by atoms with Crippen molar-refractivity contribution in [3.05, 3.63) is 0 Å². The average Bonchev–Trinajstić information content (AvgIpc) is 1.67. The predicted octanol–water partition coefficient (Wildman–Crippen LogP) is 0.848. The lowest BCUT2D eigenvalue weighted by atomic mass is 10.1. The van der Waals surface area contributed by atoms with Gasteiger partial charge in [-0.25, -0.2) is 0 Å². The molecule has 0 aromatic heterocycles. The van der Waals surface area contributed by atoms with Gasteiger partial charge in [-0.15, -0.1) is 0 Å². The molecule has 1 atom stereocenters. The molecule has 0 fully saturated rings. The zero-order valence-corrected chi connectivity index (χ0v) is 5.68. The van der Waals surface area contributed by atoms with Crippen LogP contribution in [0.5, 0.6) is 0 Å². The molecule has 8 heavy (non-hydrogen) atoms. The Labute approximate surface area is 50.3 Å². The van der Waals surface area contributed by atoms with E-state index in [4.69, 9.17) is 0 Å². The summed E-state index contributed by atoms with van der Waals surface area (Å²) in [6.45, 7) is 3.65. The molecular formula is C6H13NO. The van der Waals surface area contributed by atoms with E-state index in [1.54, 1.807) is 20.2 Å². The van der Waals surface area contributed by atoms with Crippen molar-refractivity contribution in [3.8, 4) is 0 Å². The van der Waals surface area contributed by atoms with Gasteiger partial charge < -0.3 is 5.11 Å². The second-order valence-electron chi connectivity index (χ2n) is 2.10. The average molecular weight is 115 g/mol. The second kappa shape index (κ2) is 2.82. The van der Waals surface area contributed by atoms with Gasteiger partial charge >= 0.3 is 0 Å². The molecule has 48 valence electrons. The predicted molar refractivity (Wildman–Crippen MR) is 35.3 cm³/mol. The fourth-order valence-electron chi connectivity index (χ4n) is 0.369. The maximum absolute atomic E-state index is 9.17. The maximum atomic E-state index is 9.17. The van der Waals surface area contributed by atoms with Crippen molar-refractivity contribution in [2.24, 2.45) is 4.99 Å². The summed E-state index contributed by atoms with van der Waals surface area (Å²) in [4.78, 5) is 3.70. The van der Waals surface area contributed by atoms with Crippen LogP contribution in [0.15, 0.2) is 4.99 Å². The monoisotopic (exact) mass is 115 g/mol. The molecule has 0 aliphatic carbocycles. The molecule has 0 heterocycles. The lowest BCUT2D eigenvalue weighted by Gasteiger charge is -2.13. The SMILES string of the molecule is CCC(C)(O)C=NC. The minimum Gasteiger partial charge on any atom is -0.385 e. The summed E-state index contributed by atoms with van der Waals surface area (Å²) in [7, 11) is 1.66. The van der Waals surface area contributed by atoms with Crippen LogP contribution in [0.2, 0.25) is 0 Å². The Morgan fingerprint density at radius 3 is 2.38 bits per heavy atom. The van der Waals surface area contributed by atoms with E-state index in [1.807, 2.05) is 6.92 Å². The first kappa shape index (κ1) is 7.63. The Bertz CT molecular complexity index is 86.5. The van der Waals surface area contributed by atoms with Crippen LogP contribution in [0.3, 0.4) is 0 Å². The van der Waals surface area contributed by atoms with Crippen LogP contribution >= 0.6 is 0 Å². The fraction of sp³-hybridized carbons (Fsp3) is 0.833. The molecule has 2 heteroatoms. The van der Waals surface area contributed by atoms with Gasteiger partial charge in [-0.1, -0.05) is 6.92 Å². The second-order valence-corrected chi connectivity index (χ2v) is 2.10. The molecule has 2 nitrogen and oxygen atoms in total. The zero-order valence-electron chi connectivity index (χ0n) is 5.68. The third kappa shape index (κ3) is 2.75. The highest BCUT2D eigenvalue weighted by Crippen LogP contribution is 2.02. The van der Waals surface area contributed by atoms with Crippen molar-refractivity contribution in [2.45, 2.75) is 25.9 Å². The van der Waals surface area contributed by atoms with Crippen molar-refractivity contribution in [1.82, 2.24) is 0 Å². The summed E-state index contributed by atoms with van der Waals surface area (Å²) in [6, 6.07) is 0. The van der Waals surface area contributed by atoms with Gasteiger partial charge in [-0.2, -0.15) is 0 Å². The van der Waals surface area contributed by atoms with E-state index in [2.05, 4.69) is 4.99 Å². The van der Waals surface area contributed by atoms with E-state index in [1.165, 1.54) is 0 Å². The number of hydrogen-bond acceptors (Lipinski definition) is 2. The molecule has 0 rings (SSSR count). The van der Waals surface area contributed by atoms with Crippen LogP contribution in [-0.2, 0) is 0 Å². The van der Waals surface area contributed by atoms with Gasteiger partial charge in [-0.3, -0.25) is 4.99 Å². The molecule has 0 amide bonds. The van der Waals surface area contributed by atoms with E-state index in [-0.39, 0.29) is 0 Å². The van der Waals surface area contributed by atoms with E-state index >= 15 is 0 Å². The van der Waals surface area contributed by atoms with Gasteiger partial charge in [0.2, 0.25) is 0 Å². The van der Waals surface area contributed by atoms with Crippen LogP contribution in [0, 0.1) is 0 Å². The molecule has 0 bridgehead atoms. The third-order valence-corrected chi connectivity index (χ3v) is 1.12. The minimum atomic E-state index is -0.700. The number of rotatable bonds is 2. The first-order valence-electron chi connectivity index (χ1n) is 2.78. The number of hydrogen-bond donors (Lipinski definition) is 1. The fourth-order valence-corrected chi connectivity index (χ4v) is 0.369. The summed E-state index contributed by atoms with van der Waals surface area (Å²) >= 11 is 0. The van der Waals surface area contributed by atoms with Crippen LogP contribution in [0.1, 0.15) is 20.3 Å². The topological polar surface area (TPSA) is 32.6 Å². The first-order chi connectivity index (χ1) is 3.62. The normalized spacial score (nSPS) is 19.0. The highest BCUT2D eigenvalue weighted by atomic mass is 16.3. The highest BCUT2D eigenvalue weighted by molar-refractivity contribution is 5.67. The first-order valence-corrected chi connectivity index (χ1v) is 2.78. The van der Waals surface area contributed by atoms with Crippen LogP contribution < -0.4 is 0 Å². The van der Waals surface area contributed by atoms with E-state index < -0.39 is 5.60 Å². The molecule has 1 unspecified atom stereocenters. The summed E-state index contributed by atoms with van der Waals surface area (Å²) in [5.41, 5.74) is -0.700. The quantitative estimate of drug-likeness (QED) is 0.531. The van der Waals surface area contributed by atoms with E-state index in [0.717, 1.165) is 0 Å². The van der Waals surface area contributed by atoms with Gasteiger partial charge in [0.25, 0.3) is 0 Å². The van der Waals surface area contributed by atoms with Gasteiger partial charge in [0, 0.05) is 13.3 Å².